The first-order chi connectivity index (χ1) is 8.11. The van der Waals surface area contributed by atoms with Crippen molar-refractivity contribution in [2.75, 3.05) is 0 Å². The van der Waals surface area contributed by atoms with E-state index in [1.807, 2.05) is 6.07 Å². The van der Waals surface area contributed by atoms with Crippen molar-refractivity contribution in [1.29, 1.82) is 0 Å². The maximum Gasteiger partial charge on any atom is 0.0721 e. The average molecular weight is 376 g/mol. The molecule has 0 aliphatic rings. The van der Waals surface area contributed by atoms with E-state index in [4.69, 9.17) is 5.84 Å². The van der Waals surface area contributed by atoms with E-state index < -0.39 is 0 Å². The van der Waals surface area contributed by atoms with Gasteiger partial charge >= 0.3 is 0 Å². The fourth-order valence-electron chi connectivity index (χ4n) is 1.80. The van der Waals surface area contributed by atoms with Gasteiger partial charge in [0.05, 0.1) is 6.04 Å². The summed E-state index contributed by atoms with van der Waals surface area (Å²) in [5.74, 6) is 5.69. The molecule has 0 aliphatic carbocycles. The molecule has 1 unspecified atom stereocenters. The molecule has 1 aromatic carbocycles. The van der Waals surface area contributed by atoms with Gasteiger partial charge in [-0.05, 0) is 47.7 Å². The largest absolute Gasteiger partial charge is 0.271 e. The molecule has 0 bridgehead atoms. The van der Waals surface area contributed by atoms with E-state index in [0.29, 0.717) is 0 Å². The zero-order chi connectivity index (χ0) is 12.4. The monoisotopic (exact) mass is 374 g/mol. The van der Waals surface area contributed by atoms with Gasteiger partial charge in [-0.2, -0.15) is 0 Å². The minimum atomic E-state index is 0.0232. The summed E-state index contributed by atoms with van der Waals surface area (Å²) in [6, 6.07) is 8.30. The van der Waals surface area contributed by atoms with Gasteiger partial charge < -0.3 is 0 Å². The second-order valence-corrected chi connectivity index (χ2v) is 6.69. The Morgan fingerprint density at radius 3 is 2.35 bits per heavy atom. The van der Waals surface area contributed by atoms with Crippen LogP contribution in [0, 0.1) is 6.92 Å². The molecule has 3 N–H and O–H groups in total. The molecule has 17 heavy (non-hydrogen) atoms. The fraction of sp³-hybridized carbons (Fsp3) is 0.167. The highest BCUT2D eigenvalue weighted by atomic mass is 79.9. The number of halogens is 2. The quantitative estimate of drug-likeness (QED) is 0.625. The minimum absolute atomic E-state index is 0.0232. The second-order valence-electron chi connectivity index (χ2n) is 3.73. The van der Waals surface area contributed by atoms with Gasteiger partial charge in [0, 0.05) is 13.8 Å². The fourth-order valence-corrected chi connectivity index (χ4v) is 3.87. The van der Waals surface area contributed by atoms with Gasteiger partial charge in [0.25, 0.3) is 0 Å². The number of nitrogens with two attached hydrogens (primary N) is 1. The first-order valence-electron chi connectivity index (χ1n) is 5.08. The highest BCUT2D eigenvalue weighted by Crippen LogP contribution is 2.31. The molecule has 5 heteroatoms. The number of nitrogens with one attached hydrogen (secondary N) is 1. The Hall–Kier alpha value is -0.200. The van der Waals surface area contributed by atoms with Gasteiger partial charge in [0.1, 0.15) is 0 Å². The van der Waals surface area contributed by atoms with Crippen molar-refractivity contribution in [3.8, 4) is 0 Å². The van der Waals surface area contributed by atoms with Gasteiger partial charge in [-0.15, -0.1) is 11.3 Å². The topological polar surface area (TPSA) is 38.0 Å². The van der Waals surface area contributed by atoms with Crippen LogP contribution in [-0.2, 0) is 0 Å². The number of hydrogen-bond donors (Lipinski definition) is 2. The number of aryl methyl sites for hydroxylation is 1. The van der Waals surface area contributed by atoms with Crippen LogP contribution in [0.5, 0.6) is 0 Å². The highest BCUT2D eigenvalue weighted by molar-refractivity contribution is 9.11. The van der Waals surface area contributed by atoms with E-state index in [0.717, 1.165) is 14.5 Å². The number of hydrogen-bond acceptors (Lipinski definition) is 3. The van der Waals surface area contributed by atoms with Crippen molar-refractivity contribution < 1.29 is 0 Å². The predicted octanol–water partition coefficient (Wildman–Crippen LogP) is 4.13. The summed E-state index contributed by atoms with van der Waals surface area (Å²) in [5.41, 5.74) is 5.24. The van der Waals surface area contributed by atoms with E-state index in [1.54, 1.807) is 11.3 Å². The number of benzene rings is 1. The van der Waals surface area contributed by atoms with Crippen molar-refractivity contribution in [3.05, 3.63) is 54.6 Å². The highest BCUT2D eigenvalue weighted by Gasteiger charge is 2.16. The molecule has 2 aromatic rings. The van der Waals surface area contributed by atoms with Crippen molar-refractivity contribution in [2.24, 2.45) is 5.84 Å². The summed E-state index contributed by atoms with van der Waals surface area (Å²) in [5, 5.41) is 2.09. The van der Waals surface area contributed by atoms with E-state index in [1.165, 1.54) is 10.4 Å². The molecule has 0 spiro atoms. The van der Waals surface area contributed by atoms with Crippen molar-refractivity contribution in [1.82, 2.24) is 5.43 Å². The maximum absolute atomic E-state index is 5.69. The minimum Gasteiger partial charge on any atom is -0.271 e. The zero-order valence-electron chi connectivity index (χ0n) is 9.21. The number of thiophene rings is 1. The average Bonchev–Trinajstić information content (AvgIpc) is 2.65. The van der Waals surface area contributed by atoms with Crippen LogP contribution < -0.4 is 11.3 Å². The van der Waals surface area contributed by atoms with Gasteiger partial charge in [0.15, 0.2) is 0 Å². The van der Waals surface area contributed by atoms with E-state index in [9.17, 15) is 0 Å². The molecule has 0 saturated carbocycles. The first-order valence-corrected chi connectivity index (χ1v) is 7.54. The SMILES string of the molecule is Cc1sccc1C(NN)c1cc(Br)cc(Br)c1. The third-order valence-electron chi connectivity index (χ3n) is 2.59. The smallest absolute Gasteiger partial charge is 0.0721 e. The first kappa shape index (κ1) is 13.2. The summed E-state index contributed by atoms with van der Waals surface area (Å²) >= 11 is 8.72. The summed E-state index contributed by atoms with van der Waals surface area (Å²) in [4.78, 5) is 1.28. The molecule has 0 radical (unpaired) electrons. The van der Waals surface area contributed by atoms with Crippen LogP contribution in [0.4, 0.5) is 0 Å². The van der Waals surface area contributed by atoms with Crippen LogP contribution in [0.1, 0.15) is 22.0 Å². The Labute approximate surface area is 121 Å². The Morgan fingerprint density at radius 1 is 1.24 bits per heavy atom. The normalized spacial score (nSPS) is 12.7. The second kappa shape index (κ2) is 5.63. The summed E-state index contributed by atoms with van der Waals surface area (Å²) in [6.45, 7) is 2.11. The number of hydrazine groups is 1. The van der Waals surface area contributed by atoms with Crippen LogP contribution >= 0.6 is 43.2 Å². The van der Waals surface area contributed by atoms with Crippen LogP contribution in [0.15, 0.2) is 38.6 Å². The zero-order valence-corrected chi connectivity index (χ0v) is 13.2. The van der Waals surface area contributed by atoms with Crippen LogP contribution in [0.2, 0.25) is 0 Å². The lowest BCUT2D eigenvalue weighted by atomic mass is 10.0. The van der Waals surface area contributed by atoms with Crippen molar-refractivity contribution in [3.63, 3.8) is 0 Å². The molecule has 1 aromatic heterocycles. The van der Waals surface area contributed by atoms with E-state index in [2.05, 4.69) is 67.8 Å². The molecule has 0 saturated heterocycles. The summed E-state index contributed by atoms with van der Waals surface area (Å²) < 4.78 is 2.07. The van der Waals surface area contributed by atoms with E-state index in [-0.39, 0.29) is 6.04 Å². The molecule has 90 valence electrons. The third kappa shape index (κ3) is 2.98. The Bertz CT molecular complexity index is 505. The molecule has 1 heterocycles. The van der Waals surface area contributed by atoms with Gasteiger partial charge in [-0.3, -0.25) is 5.84 Å². The molecular weight excluding hydrogens is 364 g/mol. The summed E-state index contributed by atoms with van der Waals surface area (Å²) in [6.07, 6.45) is 0. The molecule has 1 atom stereocenters. The standard InChI is InChI=1S/C12H12Br2N2S/c1-7-11(2-3-17-7)12(16-15)8-4-9(13)6-10(14)5-8/h2-6,12,16H,15H2,1H3. The van der Waals surface area contributed by atoms with Crippen LogP contribution in [0.25, 0.3) is 0 Å². The molecular formula is C12H12Br2N2S. The van der Waals surface area contributed by atoms with Crippen molar-refractivity contribution in [2.45, 2.75) is 13.0 Å². The molecule has 0 aliphatic heterocycles. The number of rotatable bonds is 3. The Morgan fingerprint density at radius 2 is 1.88 bits per heavy atom. The lowest BCUT2D eigenvalue weighted by Crippen LogP contribution is -2.29. The van der Waals surface area contributed by atoms with Gasteiger partial charge in [-0.25, -0.2) is 5.43 Å². The molecule has 0 amide bonds. The molecule has 2 nitrogen and oxygen atoms in total. The van der Waals surface area contributed by atoms with E-state index >= 15 is 0 Å². The Kier molecular flexibility index (Phi) is 4.38. The molecule has 0 fully saturated rings. The third-order valence-corrected chi connectivity index (χ3v) is 4.37. The van der Waals surface area contributed by atoms with Crippen LogP contribution in [-0.4, -0.2) is 0 Å². The van der Waals surface area contributed by atoms with Crippen LogP contribution in [0.3, 0.4) is 0 Å². The predicted molar refractivity (Wildman–Crippen MR) is 80.1 cm³/mol. The maximum atomic E-state index is 5.69. The lowest BCUT2D eigenvalue weighted by Gasteiger charge is -2.17. The summed E-state index contributed by atoms with van der Waals surface area (Å²) in [7, 11) is 0. The van der Waals surface area contributed by atoms with Gasteiger partial charge in [-0.1, -0.05) is 31.9 Å². The lowest BCUT2D eigenvalue weighted by molar-refractivity contribution is 0.635. The molecule has 2 rings (SSSR count). The van der Waals surface area contributed by atoms with Gasteiger partial charge in [0.2, 0.25) is 0 Å². The Balaban J connectivity index is 2.45. The van der Waals surface area contributed by atoms with Crippen molar-refractivity contribution >= 4 is 43.2 Å².